The molecule has 0 aliphatic carbocycles. The van der Waals surface area contributed by atoms with Gasteiger partial charge >= 0.3 is 0 Å². The predicted molar refractivity (Wildman–Crippen MR) is 56.6 cm³/mol. The number of ether oxygens (including phenoxy) is 1. The van der Waals surface area contributed by atoms with Gasteiger partial charge in [-0.15, -0.1) is 0 Å². The number of aliphatic hydroxyl groups excluding tert-OH is 1. The molecule has 82 valence electrons. The van der Waals surface area contributed by atoms with Crippen molar-refractivity contribution in [2.75, 3.05) is 13.2 Å². The minimum absolute atomic E-state index is 0.104. The van der Waals surface area contributed by atoms with Crippen molar-refractivity contribution < 1.29 is 14.9 Å². The van der Waals surface area contributed by atoms with Gasteiger partial charge in [0.1, 0.15) is 5.75 Å². The number of hydrogen-bond donors (Lipinski definition) is 2. The molecule has 0 radical (unpaired) electrons. The van der Waals surface area contributed by atoms with Gasteiger partial charge in [0.2, 0.25) is 0 Å². The second-order valence-corrected chi connectivity index (χ2v) is 3.98. The van der Waals surface area contributed by atoms with Gasteiger partial charge in [0.25, 0.3) is 0 Å². The van der Waals surface area contributed by atoms with E-state index in [0.29, 0.717) is 12.2 Å². The van der Waals surface area contributed by atoms with E-state index in [1.807, 2.05) is 6.07 Å². The van der Waals surface area contributed by atoms with E-state index in [2.05, 4.69) is 0 Å². The summed E-state index contributed by atoms with van der Waals surface area (Å²) in [4.78, 5) is 0. The van der Waals surface area contributed by atoms with Crippen molar-refractivity contribution in [1.82, 2.24) is 0 Å². The number of aliphatic hydroxyl groups is 1. The van der Waals surface area contributed by atoms with Gasteiger partial charge in [0.05, 0.1) is 12.7 Å². The maximum Gasteiger partial charge on any atom is 0.121 e. The normalized spacial score (nSPS) is 23.7. The second kappa shape index (κ2) is 4.64. The van der Waals surface area contributed by atoms with Crippen LogP contribution in [0.5, 0.6) is 5.75 Å². The highest BCUT2D eigenvalue weighted by molar-refractivity contribution is 5.33. The molecule has 0 aromatic heterocycles. The number of benzene rings is 1. The lowest BCUT2D eigenvalue weighted by Gasteiger charge is -2.27. The van der Waals surface area contributed by atoms with Crippen LogP contribution >= 0.6 is 0 Å². The Morgan fingerprint density at radius 2 is 2.13 bits per heavy atom. The number of para-hydroxylation sites is 1. The van der Waals surface area contributed by atoms with E-state index >= 15 is 0 Å². The zero-order valence-electron chi connectivity index (χ0n) is 8.60. The van der Waals surface area contributed by atoms with Gasteiger partial charge in [-0.25, -0.2) is 0 Å². The van der Waals surface area contributed by atoms with Crippen molar-refractivity contribution in [3.05, 3.63) is 29.8 Å². The third-order valence-electron chi connectivity index (χ3n) is 2.90. The highest BCUT2D eigenvalue weighted by Crippen LogP contribution is 2.32. The molecule has 0 saturated carbocycles. The van der Waals surface area contributed by atoms with Gasteiger partial charge in [-0.1, -0.05) is 18.2 Å². The summed E-state index contributed by atoms with van der Waals surface area (Å²) in [6.07, 6.45) is 1.32. The molecule has 15 heavy (non-hydrogen) atoms. The number of phenolic OH excluding ortho intramolecular Hbond substituents is 1. The Hall–Kier alpha value is -1.06. The second-order valence-electron chi connectivity index (χ2n) is 3.98. The number of rotatable bonds is 2. The molecule has 3 nitrogen and oxygen atoms in total. The molecule has 2 N–H and O–H groups in total. The van der Waals surface area contributed by atoms with Gasteiger partial charge in [0, 0.05) is 18.1 Å². The summed E-state index contributed by atoms with van der Waals surface area (Å²) in [6.45, 7) is 1.36. The lowest BCUT2D eigenvalue weighted by atomic mass is 9.91. The van der Waals surface area contributed by atoms with E-state index in [9.17, 15) is 10.2 Å². The smallest absolute Gasteiger partial charge is 0.121 e. The molecule has 1 fully saturated rings. The number of aromatic hydroxyl groups is 1. The van der Waals surface area contributed by atoms with Crippen LogP contribution < -0.4 is 0 Å². The molecule has 0 spiro atoms. The maximum atomic E-state index is 10.1. The molecule has 1 aliphatic rings. The van der Waals surface area contributed by atoms with Crippen LogP contribution in [-0.4, -0.2) is 23.4 Å². The first kappa shape index (κ1) is 10.5. The summed E-state index contributed by atoms with van der Waals surface area (Å²) >= 11 is 0. The average molecular weight is 208 g/mol. The van der Waals surface area contributed by atoms with Crippen molar-refractivity contribution in [2.24, 2.45) is 5.92 Å². The Morgan fingerprint density at radius 1 is 1.33 bits per heavy atom. The fourth-order valence-electron chi connectivity index (χ4n) is 2.01. The fourth-order valence-corrected chi connectivity index (χ4v) is 2.01. The van der Waals surface area contributed by atoms with Crippen LogP contribution in [0.25, 0.3) is 0 Å². The molecule has 2 atom stereocenters. The van der Waals surface area contributed by atoms with Crippen molar-refractivity contribution in [2.45, 2.75) is 18.9 Å². The van der Waals surface area contributed by atoms with Crippen LogP contribution in [0.4, 0.5) is 0 Å². The van der Waals surface area contributed by atoms with Crippen molar-refractivity contribution in [1.29, 1.82) is 0 Å². The van der Waals surface area contributed by atoms with Gasteiger partial charge in [-0.2, -0.15) is 0 Å². The SMILES string of the molecule is Oc1ccccc1C(O)C1CCCOC1. The van der Waals surface area contributed by atoms with Gasteiger partial charge < -0.3 is 14.9 Å². The quantitative estimate of drug-likeness (QED) is 0.779. The first-order valence-electron chi connectivity index (χ1n) is 5.33. The van der Waals surface area contributed by atoms with E-state index < -0.39 is 6.10 Å². The molecule has 1 saturated heterocycles. The average Bonchev–Trinajstić information content (AvgIpc) is 2.30. The number of hydrogen-bond acceptors (Lipinski definition) is 3. The molecule has 2 unspecified atom stereocenters. The van der Waals surface area contributed by atoms with Crippen molar-refractivity contribution in [3.63, 3.8) is 0 Å². The van der Waals surface area contributed by atoms with Crippen LogP contribution in [-0.2, 0) is 4.74 Å². The standard InChI is InChI=1S/C12H16O3/c13-11-6-2-1-5-10(11)12(14)9-4-3-7-15-8-9/h1-2,5-6,9,12-14H,3-4,7-8H2. The Balaban J connectivity index is 2.12. The largest absolute Gasteiger partial charge is 0.508 e. The highest BCUT2D eigenvalue weighted by atomic mass is 16.5. The summed E-state index contributed by atoms with van der Waals surface area (Å²) in [5, 5.41) is 19.7. The van der Waals surface area contributed by atoms with E-state index in [-0.39, 0.29) is 11.7 Å². The fraction of sp³-hybridized carbons (Fsp3) is 0.500. The van der Waals surface area contributed by atoms with E-state index in [1.165, 1.54) is 0 Å². The van der Waals surface area contributed by atoms with Gasteiger partial charge in [0.15, 0.2) is 0 Å². The summed E-state index contributed by atoms with van der Waals surface area (Å²) in [6, 6.07) is 6.93. The third-order valence-corrected chi connectivity index (χ3v) is 2.90. The lowest BCUT2D eigenvalue weighted by Crippen LogP contribution is -2.23. The topological polar surface area (TPSA) is 49.7 Å². The van der Waals surface area contributed by atoms with Crippen molar-refractivity contribution in [3.8, 4) is 5.75 Å². The zero-order chi connectivity index (χ0) is 10.7. The number of phenols is 1. The van der Waals surface area contributed by atoms with E-state index in [1.54, 1.807) is 18.2 Å². The summed E-state index contributed by atoms with van der Waals surface area (Å²) in [5.74, 6) is 0.266. The zero-order valence-corrected chi connectivity index (χ0v) is 8.60. The lowest BCUT2D eigenvalue weighted by molar-refractivity contribution is -0.0107. The first-order valence-corrected chi connectivity index (χ1v) is 5.33. The molecule has 0 bridgehead atoms. The van der Waals surface area contributed by atoms with Crippen LogP contribution in [0, 0.1) is 5.92 Å². The van der Waals surface area contributed by atoms with Gasteiger partial charge in [-0.05, 0) is 18.9 Å². The van der Waals surface area contributed by atoms with Crippen LogP contribution in [0.1, 0.15) is 24.5 Å². The molecule has 0 amide bonds. The monoisotopic (exact) mass is 208 g/mol. The Kier molecular flexibility index (Phi) is 3.23. The third kappa shape index (κ3) is 2.30. The highest BCUT2D eigenvalue weighted by Gasteiger charge is 2.25. The van der Waals surface area contributed by atoms with Crippen LogP contribution in [0.2, 0.25) is 0 Å². The molecule has 2 rings (SSSR count). The van der Waals surface area contributed by atoms with Gasteiger partial charge in [-0.3, -0.25) is 0 Å². The molecular weight excluding hydrogens is 192 g/mol. The van der Waals surface area contributed by atoms with E-state index in [0.717, 1.165) is 19.4 Å². The minimum atomic E-state index is -0.619. The predicted octanol–water partition coefficient (Wildman–Crippen LogP) is 1.85. The van der Waals surface area contributed by atoms with E-state index in [4.69, 9.17) is 4.74 Å². The molecule has 1 aromatic carbocycles. The summed E-state index contributed by atoms with van der Waals surface area (Å²) < 4.78 is 5.32. The summed E-state index contributed by atoms with van der Waals surface area (Å²) in [5.41, 5.74) is 0.605. The Morgan fingerprint density at radius 3 is 2.80 bits per heavy atom. The molecule has 1 aliphatic heterocycles. The molecular formula is C12H16O3. The molecule has 1 heterocycles. The Labute approximate surface area is 89.3 Å². The van der Waals surface area contributed by atoms with Crippen LogP contribution in [0.3, 0.4) is 0 Å². The first-order chi connectivity index (χ1) is 7.29. The van der Waals surface area contributed by atoms with Crippen molar-refractivity contribution >= 4 is 0 Å². The minimum Gasteiger partial charge on any atom is -0.508 e. The summed E-state index contributed by atoms with van der Waals surface area (Å²) in [7, 11) is 0. The molecule has 3 heteroatoms. The Bertz CT molecular complexity index is 318. The molecule has 1 aromatic rings. The maximum absolute atomic E-state index is 10.1. The van der Waals surface area contributed by atoms with Crippen LogP contribution in [0.15, 0.2) is 24.3 Å².